The van der Waals surface area contributed by atoms with Gasteiger partial charge in [-0.2, -0.15) is 0 Å². The lowest BCUT2D eigenvalue weighted by Gasteiger charge is -2.25. The zero-order valence-corrected chi connectivity index (χ0v) is 14.3. The van der Waals surface area contributed by atoms with Crippen molar-refractivity contribution in [3.05, 3.63) is 23.8 Å². The summed E-state index contributed by atoms with van der Waals surface area (Å²) in [6.07, 6.45) is 6.81. The van der Waals surface area contributed by atoms with Crippen molar-refractivity contribution >= 4 is 5.91 Å². The molecule has 2 aliphatic rings. The zero-order chi connectivity index (χ0) is 16.3. The maximum absolute atomic E-state index is 12.4. The van der Waals surface area contributed by atoms with Crippen LogP contribution in [0.15, 0.2) is 18.2 Å². The van der Waals surface area contributed by atoms with Crippen molar-refractivity contribution in [2.45, 2.75) is 58.0 Å². The van der Waals surface area contributed by atoms with E-state index in [1.54, 1.807) is 0 Å². The summed E-state index contributed by atoms with van der Waals surface area (Å²) in [7, 11) is 0. The molecule has 0 spiro atoms. The molecule has 0 aromatic heterocycles. The third-order valence-electron chi connectivity index (χ3n) is 4.61. The Hall–Kier alpha value is -1.71. The summed E-state index contributed by atoms with van der Waals surface area (Å²) in [5.41, 5.74) is 0.959. The molecule has 0 radical (unpaired) electrons. The molecule has 4 heteroatoms. The molecule has 0 aliphatic carbocycles. The van der Waals surface area contributed by atoms with Crippen LogP contribution in [0.3, 0.4) is 0 Å². The predicted octanol–water partition coefficient (Wildman–Crippen LogP) is 3.57. The van der Waals surface area contributed by atoms with Gasteiger partial charge in [0.15, 0.2) is 18.1 Å². The van der Waals surface area contributed by atoms with Gasteiger partial charge in [-0.05, 0) is 32.8 Å². The number of rotatable bonds is 3. The van der Waals surface area contributed by atoms with E-state index in [0.29, 0.717) is 5.75 Å². The summed E-state index contributed by atoms with van der Waals surface area (Å²) in [6.45, 7) is 5.96. The van der Waals surface area contributed by atoms with Gasteiger partial charge in [0.25, 0.3) is 5.91 Å². The molecule has 0 bridgehead atoms. The lowest BCUT2D eigenvalue weighted by atomic mass is 10.0. The molecule has 23 heavy (non-hydrogen) atoms. The van der Waals surface area contributed by atoms with Crippen LogP contribution < -0.4 is 9.47 Å². The van der Waals surface area contributed by atoms with Crippen LogP contribution in [0.1, 0.15) is 51.5 Å². The summed E-state index contributed by atoms with van der Waals surface area (Å²) in [6, 6.07) is 5.93. The highest BCUT2D eigenvalue weighted by molar-refractivity contribution is 5.78. The number of amides is 1. The van der Waals surface area contributed by atoms with Crippen molar-refractivity contribution in [1.29, 1.82) is 0 Å². The van der Waals surface area contributed by atoms with E-state index in [0.717, 1.165) is 43.7 Å². The van der Waals surface area contributed by atoms with E-state index >= 15 is 0 Å². The van der Waals surface area contributed by atoms with Gasteiger partial charge in [0, 0.05) is 25.1 Å². The van der Waals surface area contributed by atoms with Crippen LogP contribution in [0.2, 0.25) is 0 Å². The molecule has 1 fully saturated rings. The normalized spacial score (nSPS) is 20.2. The highest BCUT2D eigenvalue weighted by atomic mass is 16.5. The quantitative estimate of drug-likeness (QED) is 0.855. The van der Waals surface area contributed by atoms with Gasteiger partial charge in [-0.1, -0.05) is 31.4 Å². The number of ether oxygens (including phenoxy) is 2. The van der Waals surface area contributed by atoms with E-state index in [2.05, 4.69) is 19.9 Å². The number of para-hydroxylation sites is 1. The van der Waals surface area contributed by atoms with Crippen molar-refractivity contribution in [1.82, 2.24) is 4.90 Å². The smallest absolute Gasteiger partial charge is 0.260 e. The fourth-order valence-corrected chi connectivity index (χ4v) is 3.43. The first-order valence-electron chi connectivity index (χ1n) is 8.77. The third kappa shape index (κ3) is 3.98. The molecule has 2 aliphatic heterocycles. The Morgan fingerprint density at radius 3 is 2.61 bits per heavy atom. The van der Waals surface area contributed by atoms with Crippen LogP contribution >= 0.6 is 0 Å². The number of hydrogen-bond acceptors (Lipinski definition) is 3. The standard InChI is InChI=1S/C19H27NO3/c1-19(2)13-15-9-8-10-16(18(15)23-19)22-14-17(21)20-11-6-4-3-5-7-12-20/h8-10H,3-7,11-14H2,1-2H3. The Morgan fingerprint density at radius 1 is 1.17 bits per heavy atom. The van der Waals surface area contributed by atoms with Crippen molar-refractivity contribution in [3.63, 3.8) is 0 Å². The SMILES string of the molecule is CC1(C)Cc2cccc(OCC(=O)N3CCCCCCC3)c2O1. The molecular formula is C19H27NO3. The minimum atomic E-state index is -0.200. The molecular weight excluding hydrogens is 290 g/mol. The molecule has 3 rings (SSSR count). The number of carbonyl (C=O) groups is 1. The highest BCUT2D eigenvalue weighted by Crippen LogP contribution is 2.41. The minimum Gasteiger partial charge on any atom is -0.483 e. The first-order valence-corrected chi connectivity index (χ1v) is 8.77. The van der Waals surface area contributed by atoms with E-state index < -0.39 is 0 Å². The Labute approximate surface area is 138 Å². The Kier molecular flexibility index (Phi) is 4.79. The monoisotopic (exact) mass is 317 g/mol. The van der Waals surface area contributed by atoms with Crippen molar-refractivity contribution in [2.75, 3.05) is 19.7 Å². The summed E-state index contributed by atoms with van der Waals surface area (Å²) in [5, 5.41) is 0. The summed E-state index contributed by atoms with van der Waals surface area (Å²) in [4.78, 5) is 14.4. The second-order valence-corrected chi connectivity index (χ2v) is 7.22. The van der Waals surface area contributed by atoms with Gasteiger partial charge in [0.2, 0.25) is 0 Å². The fourth-order valence-electron chi connectivity index (χ4n) is 3.43. The summed E-state index contributed by atoms with van der Waals surface area (Å²) >= 11 is 0. The van der Waals surface area contributed by atoms with Gasteiger partial charge < -0.3 is 14.4 Å². The first kappa shape index (κ1) is 16.2. The lowest BCUT2D eigenvalue weighted by molar-refractivity contribution is -0.133. The molecule has 1 amide bonds. The van der Waals surface area contributed by atoms with Crippen molar-refractivity contribution < 1.29 is 14.3 Å². The van der Waals surface area contributed by atoms with E-state index in [1.165, 1.54) is 19.3 Å². The third-order valence-corrected chi connectivity index (χ3v) is 4.61. The maximum Gasteiger partial charge on any atom is 0.260 e. The van der Waals surface area contributed by atoms with Gasteiger partial charge in [-0.15, -0.1) is 0 Å². The molecule has 126 valence electrons. The largest absolute Gasteiger partial charge is 0.483 e. The van der Waals surface area contributed by atoms with Crippen LogP contribution in [0.5, 0.6) is 11.5 Å². The molecule has 0 saturated carbocycles. The van der Waals surface area contributed by atoms with Gasteiger partial charge >= 0.3 is 0 Å². The number of fused-ring (bicyclic) bond motifs is 1. The van der Waals surface area contributed by atoms with E-state index in [4.69, 9.17) is 9.47 Å². The summed E-state index contributed by atoms with van der Waals surface area (Å²) in [5.74, 6) is 1.58. The average Bonchev–Trinajstić information content (AvgIpc) is 2.78. The first-order chi connectivity index (χ1) is 11.1. The predicted molar refractivity (Wildman–Crippen MR) is 90.0 cm³/mol. The number of benzene rings is 1. The van der Waals surface area contributed by atoms with E-state index in [9.17, 15) is 4.79 Å². The van der Waals surface area contributed by atoms with Crippen LogP contribution in [-0.2, 0) is 11.2 Å². The number of carbonyl (C=O) groups excluding carboxylic acids is 1. The topological polar surface area (TPSA) is 38.8 Å². The average molecular weight is 317 g/mol. The van der Waals surface area contributed by atoms with Crippen LogP contribution in [0.25, 0.3) is 0 Å². The second-order valence-electron chi connectivity index (χ2n) is 7.22. The number of nitrogens with zero attached hydrogens (tertiary/aromatic N) is 1. The Balaban J connectivity index is 1.60. The fraction of sp³-hybridized carbons (Fsp3) is 0.632. The van der Waals surface area contributed by atoms with Crippen LogP contribution in [-0.4, -0.2) is 36.1 Å². The van der Waals surface area contributed by atoms with Gasteiger partial charge in [-0.25, -0.2) is 0 Å². The van der Waals surface area contributed by atoms with Gasteiger partial charge in [-0.3, -0.25) is 4.79 Å². The van der Waals surface area contributed by atoms with Crippen LogP contribution in [0.4, 0.5) is 0 Å². The molecule has 0 unspecified atom stereocenters. The van der Waals surface area contributed by atoms with Crippen LogP contribution in [0, 0.1) is 0 Å². The minimum absolute atomic E-state index is 0.0850. The molecule has 1 saturated heterocycles. The lowest BCUT2D eigenvalue weighted by Crippen LogP contribution is -2.37. The molecule has 2 heterocycles. The van der Waals surface area contributed by atoms with E-state index in [-0.39, 0.29) is 18.1 Å². The Bertz CT molecular complexity index is 560. The Morgan fingerprint density at radius 2 is 1.87 bits per heavy atom. The van der Waals surface area contributed by atoms with Gasteiger partial charge in [0.05, 0.1) is 0 Å². The molecule has 1 aromatic rings. The number of hydrogen-bond donors (Lipinski definition) is 0. The second kappa shape index (κ2) is 6.81. The summed E-state index contributed by atoms with van der Waals surface area (Å²) < 4.78 is 11.8. The molecule has 4 nitrogen and oxygen atoms in total. The number of likely N-dealkylation sites (tertiary alicyclic amines) is 1. The molecule has 0 N–H and O–H groups in total. The van der Waals surface area contributed by atoms with Gasteiger partial charge in [0.1, 0.15) is 5.60 Å². The van der Waals surface area contributed by atoms with Crippen molar-refractivity contribution in [2.24, 2.45) is 0 Å². The zero-order valence-electron chi connectivity index (χ0n) is 14.3. The molecule has 0 atom stereocenters. The maximum atomic E-state index is 12.4. The van der Waals surface area contributed by atoms with Crippen molar-refractivity contribution in [3.8, 4) is 11.5 Å². The highest BCUT2D eigenvalue weighted by Gasteiger charge is 2.32. The molecule has 1 aromatic carbocycles. The van der Waals surface area contributed by atoms with E-state index in [1.807, 2.05) is 17.0 Å².